The van der Waals surface area contributed by atoms with Gasteiger partial charge in [-0.05, 0) is 53.2 Å². The van der Waals surface area contributed by atoms with E-state index in [-0.39, 0.29) is 23.8 Å². The summed E-state index contributed by atoms with van der Waals surface area (Å²) in [6, 6.07) is 9.30. The Hall–Kier alpha value is -3.35. The second kappa shape index (κ2) is 12.0. The van der Waals surface area contributed by atoms with Crippen molar-refractivity contribution in [1.82, 2.24) is 14.7 Å². The number of carbonyl (C=O) groups is 1. The van der Waals surface area contributed by atoms with Gasteiger partial charge >= 0.3 is 6.18 Å². The molecular formula is C26H27F3N4O4S. The number of carbonyl (C=O) groups excluding carboxylic acids is 1. The van der Waals surface area contributed by atoms with Crippen LogP contribution < -0.4 is 4.74 Å². The van der Waals surface area contributed by atoms with Crippen molar-refractivity contribution in [2.24, 2.45) is 4.99 Å². The van der Waals surface area contributed by atoms with Crippen LogP contribution >= 0.6 is 11.8 Å². The van der Waals surface area contributed by atoms with Crippen molar-refractivity contribution in [3.63, 3.8) is 0 Å². The first kappa shape index (κ1) is 27.7. The molecule has 0 saturated carbocycles. The Bertz CT molecular complexity index is 1360. The maximum atomic E-state index is 13.6. The van der Waals surface area contributed by atoms with E-state index in [0.29, 0.717) is 41.9 Å². The van der Waals surface area contributed by atoms with E-state index in [4.69, 9.17) is 14.2 Å². The van der Waals surface area contributed by atoms with E-state index in [1.165, 1.54) is 35.7 Å². The number of thioether (sulfide) groups is 1. The Morgan fingerprint density at radius 1 is 1.05 bits per heavy atom. The van der Waals surface area contributed by atoms with Crippen LogP contribution in [0.15, 0.2) is 52.5 Å². The van der Waals surface area contributed by atoms with E-state index in [0.717, 1.165) is 17.0 Å². The number of aromatic nitrogens is 2. The van der Waals surface area contributed by atoms with E-state index in [2.05, 4.69) is 10.1 Å². The number of hydrogen-bond donors (Lipinski definition) is 0. The van der Waals surface area contributed by atoms with Gasteiger partial charge in [-0.15, -0.1) is 0 Å². The molecule has 0 bridgehead atoms. The molecule has 4 rings (SSSR count). The summed E-state index contributed by atoms with van der Waals surface area (Å²) in [5, 5.41) is 5.63. The summed E-state index contributed by atoms with van der Waals surface area (Å²) >= 11 is 1.28. The average Bonchev–Trinajstić information content (AvgIpc) is 3.46. The molecule has 1 aromatic heterocycles. The van der Waals surface area contributed by atoms with Crippen molar-refractivity contribution in [3.05, 3.63) is 64.2 Å². The molecule has 2 heterocycles. The molecule has 1 amide bonds. The van der Waals surface area contributed by atoms with Gasteiger partial charge in [0, 0.05) is 32.7 Å². The topological polar surface area (TPSA) is 78.2 Å². The van der Waals surface area contributed by atoms with Crippen molar-refractivity contribution < 1.29 is 32.2 Å². The lowest BCUT2D eigenvalue weighted by Gasteiger charge is -2.22. The number of benzene rings is 2. The first-order valence-corrected chi connectivity index (χ1v) is 12.5. The van der Waals surface area contributed by atoms with Crippen molar-refractivity contribution in [1.29, 1.82) is 0 Å². The summed E-state index contributed by atoms with van der Waals surface area (Å²) in [6.45, 7) is 2.05. The predicted octanol–water partition coefficient (Wildman–Crippen LogP) is 4.68. The Kier molecular flexibility index (Phi) is 8.75. The molecule has 2 aromatic carbocycles. The van der Waals surface area contributed by atoms with Crippen molar-refractivity contribution >= 4 is 39.8 Å². The number of methoxy groups -OCH3 is 3. The highest BCUT2D eigenvalue weighted by atomic mass is 32.2. The SMILES string of the molecule is COCCN(CCOC)C1=NC(=O)C(=Cc2ccc3c(cnn3Cc3ccc(OC)cc3C(F)(F)F)c2)S1. The largest absolute Gasteiger partial charge is 0.497 e. The fourth-order valence-corrected chi connectivity index (χ4v) is 4.92. The maximum Gasteiger partial charge on any atom is 0.416 e. The summed E-state index contributed by atoms with van der Waals surface area (Å²) < 4.78 is 57.7. The number of fused-ring (bicyclic) bond motifs is 1. The van der Waals surface area contributed by atoms with Crippen LogP contribution in [0, 0.1) is 0 Å². The van der Waals surface area contributed by atoms with Crippen molar-refractivity contribution in [3.8, 4) is 5.75 Å². The van der Waals surface area contributed by atoms with Crippen LogP contribution in [0.2, 0.25) is 0 Å². The minimum atomic E-state index is -4.53. The van der Waals surface area contributed by atoms with Crippen LogP contribution in [0.5, 0.6) is 5.75 Å². The first-order chi connectivity index (χ1) is 18.2. The van der Waals surface area contributed by atoms with Gasteiger partial charge in [0.2, 0.25) is 0 Å². The number of aliphatic imine (C=N–C) groups is 1. The summed E-state index contributed by atoms with van der Waals surface area (Å²) in [5.41, 5.74) is 0.743. The molecule has 3 aromatic rings. The number of hydrogen-bond acceptors (Lipinski definition) is 7. The third-order valence-electron chi connectivity index (χ3n) is 5.92. The second-order valence-electron chi connectivity index (χ2n) is 8.42. The molecule has 202 valence electrons. The van der Waals surface area contributed by atoms with Crippen LogP contribution in [0.3, 0.4) is 0 Å². The summed E-state index contributed by atoms with van der Waals surface area (Å²) in [4.78, 5) is 19.2. The Morgan fingerprint density at radius 2 is 1.79 bits per heavy atom. The lowest BCUT2D eigenvalue weighted by atomic mass is 10.1. The third-order valence-corrected chi connectivity index (χ3v) is 6.96. The van der Waals surface area contributed by atoms with Gasteiger partial charge in [-0.2, -0.15) is 23.3 Å². The van der Waals surface area contributed by atoms with Crippen LogP contribution in [-0.4, -0.2) is 73.4 Å². The van der Waals surface area contributed by atoms with Gasteiger partial charge < -0.3 is 19.1 Å². The zero-order chi connectivity index (χ0) is 27.3. The molecule has 1 aliphatic rings. The number of alkyl halides is 3. The lowest BCUT2D eigenvalue weighted by Crippen LogP contribution is -2.34. The average molecular weight is 549 g/mol. The zero-order valence-electron chi connectivity index (χ0n) is 21.1. The number of ether oxygens (including phenoxy) is 3. The monoisotopic (exact) mass is 548 g/mol. The molecule has 0 saturated heterocycles. The molecular weight excluding hydrogens is 521 g/mol. The molecule has 0 aliphatic carbocycles. The fraction of sp³-hybridized carbons (Fsp3) is 0.346. The summed E-state index contributed by atoms with van der Waals surface area (Å²) in [6.07, 6.45) is -1.19. The van der Waals surface area contributed by atoms with E-state index in [1.54, 1.807) is 38.6 Å². The lowest BCUT2D eigenvalue weighted by molar-refractivity contribution is -0.138. The number of nitrogens with zero attached hydrogens (tertiary/aromatic N) is 4. The maximum absolute atomic E-state index is 13.6. The third kappa shape index (κ3) is 6.37. The molecule has 0 spiro atoms. The number of amidine groups is 1. The molecule has 12 heteroatoms. The highest BCUT2D eigenvalue weighted by Gasteiger charge is 2.34. The standard InChI is InChI=1S/C26H27F3N4O4S/c1-35-10-8-32(9-11-36-2)25-31-24(34)23(38-25)13-17-4-7-22-19(12-17)15-30-33(22)16-18-5-6-20(37-3)14-21(18)26(27,28)29/h4-7,12-15H,8-11,16H2,1-3H3. The van der Waals surface area contributed by atoms with Crippen LogP contribution in [0.4, 0.5) is 13.2 Å². The Morgan fingerprint density at radius 3 is 2.45 bits per heavy atom. The van der Waals surface area contributed by atoms with E-state index >= 15 is 0 Å². The fourth-order valence-electron chi connectivity index (χ4n) is 3.96. The zero-order valence-corrected chi connectivity index (χ0v) is 21.9. The van der Waals surface area contributed by atoms with Crippen LogP contribution in [0.25, 0.3) is 17.0 Å². The van der Waals surface area contributed by atoms with Gasteiger partial charge in [0.1, 0.15) is 5.75 Å². The van der Waals surface area contributed by atoms with E-state index in [9.17, 15) is 18.0 Å². The highest BCUT2D eigenvalue weighted by molar-refractivity contribution is 8.18. The molecule has 0 unspecified atom stereocenters. The molecule has 38 heavy (non-hydrogen) atoms. The number of halogens is 3. The smallest absolute Gasteiger partial charge is 0.416 e. The van der Waals surface area contributed by atoms with Crippen LogP contribution in [0.1, 0.15) is 16.7 Å². The molecule has 0 atom stereocenters. The molecule has 0 fully saturated rings. The van der Waals surface area contributed by atoms with Gasteiger partial charge in [-0.1, -0.05) is 12.1 Å². The Labute approximate surface area is 222 Å². The molecule has 1 aliphatic heterocycles. The van der Waals surface area contributed by atoms with Gasteiger partial charge in [-0.3, -0.25) is 9.48 Å². The van der Waals surface area contributed by atoms with Gasteiger partial charge in [0.05, 0.1) is 49.1 Å². The van der Waals surface area contributed by atoms with Crippen LogP contribution in [-0.2, 0) is 27.0 Å². The van der Waals surface area contributed by atoms with Crippen molar-refractivity contribution in [2.75, 3.05) is 47.6 Å². The minimum absolute atomic E-state index is 0.0624. The normalized spacial score (nSPS) is 14.9. The van der Waals surface area contributed by atoms with E-state index in [1.807, 2.05) is 11.0 Å². The number of rotatable bonds is 10. The summed E-state index contributed by atoms with van der Waals surface area (Å²) in [7, 11) is 4.55. The van der Waals surface area contributed by atoms with Gasteiger partial charge in [0.25, 0.3) is 5.91 Å². The van der Waals surface area contributed by atoms with Gasteiger partial charge in [-0.25, -0.2) is 0 Å². The summed E-state index contributed by atoms with van der Waals surface area (Å²) in [5.74, 6) is -0.198. The van der Waals surface area contributed by atoms with E-state index < -0.39 is 11.7 Å². The van der Waals surface area contributed by atoms with Gasteiger partial charge in [0.15, 0.2) is 5.17 Å². The molecule has 0 N–H and O–H groups in total. The predicted molar refractivity (Wildman–Crippen MR) is 140 cm³/mol. The molecule has 0 radical (unpaired) electrons. The first-order valence-electron chi connectivity index (χ1n) is 11.7. The number of amides is 1. The Balaban J connectivity index is 1.54. The quantitative estimate of drug-likeness (QED) is 0.341. The minimum Gasteiger partial charge on any atom is -0.497 e. The second-order valence-corrected chi connectivity index (χ2v) is 9.43. The highest BCUT2D eigenvalue weighted by Crippen LogP contribution is 2.35. The van der Waals surface area contributed by atoms with Crippen molar-refractivity contribution in [2.45, 2.75) is 12.7 Å². The molecule has 8 nitrogen and oxygen atoms in total.